The first-order chi connectivity index (χ1) is 18.3. The Morgan fingerprint density at radius 2 is 1.82 bits per heavy atom. The van der Waals surface area contributed by atoms with Crippen molar-refractivity contribution in [3.05, 3.63) is 59.2 Å². The van der Waals surface area contributed by atoms with Crippen LogP contribution in [0.2, 0.25) is 0 Å². The summed E-state index contributed by atoms with van der Waals surface area (Å²) in [5.74, 6) is -2.62. The van der Waals surface area contributed by atoms with Gasteiger partial charge in [-0.05, 0) is 68.5 Å². The van der Waals surface area contributed by atoms with Gasteiger partial charge in [0.1, 0.15) is 18.5 Å². The first-order valence-corrected chi connectivity index (χ1v) is 13.0. The van der Waals surface area contributed by atoms with Gasteiger partial charge in [0.05, 0.1) is 24.1 Å². The molecule has 202 valence electrons. The average molecular weight is 528 g/mol. The Hall–Kier alpha value is -3.53. The zero-order valence-corrected chi connectivity index (χ0v) is 21.3. The highest BCUT2D eigenvalue weighted by atomic mass is 19.2. The van der Waals surface area contributed by atoms with E-state index in [4.69, 9.17) is 9.47 Å². The van der Waals surface area contributed by atoms with Crippen LogP contribution in [0, 0.1) is 11.6 Å². The summed E-state index contributed by atoms with van der Waals surface area (Å²) in [6.45, 7) is 1.82. The summed E-state index contributed by atoms with van der Waals surface area (Å²) in [6, 6.07) is 7.33. The molecule has 0 saturated carbocycles. The van der Waals surface area contributed by atoms with E-state index in [1.807, 2.05) is 4.90 Å². The molecule has 3 heterocycles. The predicted octanol–water partition coefficient (Wildman–Crippen LogP) is 4.00. The van der Waals surface area contributed by atoms with E-state index in [0.717, 1.165) is 44.5 Å². The number of anilines is 1. The largest absolute Gasteiger partial charge is 0.490 e. The lowest BCUT2D eigenvalue weighted by Crippen LogP contribution is -2.54. The van der Waals surface area contributed by atoms with Gasteiger partial charge in [-0.25, -0.2) is 8.78 Å². The number of fused-ring (bicyclic) bond motifs is 2. The highest BCUT2D eigenvalue weighted by Gasteiger charge is 2.39. The van der Waals surface area contributed by atoms with Crippen molar-refractivity contribution in [3.8, 4) is 5.75 Å². The molecule has 2 aromatic rings. The highest BCUT2D eigenvalue weighted by molar-refractivity contribution is 6.05. The molecule has 10 heteroatoms. The standard InChI is InChI=1S/C28H31F2N3O5/c1-32-23-9-7-19(15-26(34)33-11-3-2-4-12-33)38-25(23)16-37-24-10-6-18(14-20(24)28(32)36)31-27(35)17-5-8-21(29)22(30)13-17/h5-6,8,10,13-14,19,23,25H,2-4,7,9,11-12,15-16H2,1H3,(H,31,35)/t19-,23+,25-/m0/s1. The van der Waals surface area contributed by atoms with Gasteiger partial charge < -0.3 is 24.6 Å². The second kappa shape index (κ2) is 11.1. The van der Waals surface area contributed by atoms with E-state index in [-0.39, 0.29) is 47.8 Å². The Labute approximate surface area is 219 Å². The number of amides is 3. The van der Waals surface area contributed by atoms with Crippen molar-refractivity contribution in [1.29, 1.82) is 0 Å². The lowest BCUT2D eigenvalue weighted by Gasteiger charge is -2.42. The van der Waals surface area contributed by atoms with Crippen molar-refractivity contribution in [2.45, 2.75) is 56.8 Å². The van der Waals surface area contributed by atoms with Crippen LogP contribution < -0.4 is 10.1 Å². The molecule has 0 radical (unpaired) electrons. The maximum Gasteiger partial charge on any atom is 0.257 e. The van der Waals surface area contributed by atoms with E-state index < -0.39 is 17.5 Å². The van der Waals surface area contributed by atoms with Gasteiger partial charge in [-0.2, -0.15) is 0 Å². The van der Waals surface area contributed by atoms with Crippen molar-refractivity contribution in [2.75, 3.05) is 32.1 Å². The van der Waals surface area contributed by atoms with Gasteiger partial charge in [-0.3, -0.25) is 14.4 Å². The fourth-order valence-corrected chi connectivity index (χ4v) is 5.41. The maximum absolute atomic E-state index is 13.5. The van der Waals surface area contributed by atoms with E-state index in [0.29, 0.717) is 30.7 Å². The number of hydrogen-bond donors (Lipinski definition) is 1. The maximum atomic E-state index is 13.5. The molecule has 3 aliphatic heterocycles. The van der Waals surface area contributed by atoms with Crippen LogP contribution in [0.25, 0.3) is 0 Å². The van der Waals surface area contributed by atoms with E-state index >= 15 is 0 Å². The monoisotopic (exact) mass is 527 g/mol. The van der Waals surface area contributed by atoms with Crippen LogP contribution >= 0.6 is 0 Å². The molecule has 1 N–H and O–H groups in total. The first kappa shape index (κ1) is 26.1. The smallest absolute Gasteiger partial charge is 0.257 e. The van der Waals surface area contributed by atoms with Gasteiger partial charge in [0.15, 0.2) is 11.6 Å². The van der Waals surface area contributed by atoms with Crippen molar-refractivity contribution in [3.63, 3.8) is 0 Å². The summed E-state index contributed by atoms with van der Waals surface area (Å²) in [5, 5.41) is 2.62. The van der Waals surface area contributed by atoms with Crippen LogP contribution in [0.3, 0.4) is 0 Å². The molecule has 0 unspecified atom stereocenters. The van der Waals surface area contributed by atoms with Gasteiger partial charge in [0, 0.05) is 31.4 Å². The molecule has 2 aromatic carbocycles. The number of likely N-dealkylation sites (tertiary alicyclic amines) is 1. The lowest BCUT2D eigenvalue weighted by molar-refractivity contribution is -0.143. The molecule has 5 rings (SSSR count). The number of ether oxygens (including phenoxy) is 2. The van der Waals surface area contributed by atoms with Crippen LogP contribution in [0.4, 0.5) is 14.5 Å². The van der Waals surface area contributed by atoms with Crippen molar-refractivity contribution in [2.24, 2.45) is 0 Å². The highest BCUT2D eigenvalue weighted by Crippen LogP contribution is 2.33. The van der Waals surface area contributed by atoms with E-state index in [2.05, 4.69) is 5.32 Å². The number of nitrogens with zero attached hydrogens (tertiary/aromatic N) is 2. The van der Waals surface area contributed by atoms with Gasteiger partial charge in [0.25, 0.3) is 11.8 Å². The second-order valence-electron chi connectivity index (χ2n) is 10.1. The summed E-state index contributed by atoms with van der Waals surface area (Å²) in [4.78, 5) is 42.3. The van der Waals surface area contributed by atoms with Crippen LogP contribution in [0.1, 0.15) is 59.2 Å². The molecular weight excluding hydrogens is 496 g/mol. The van der Waals surface area contributed by atoms with Crippen LogP contribution in [0.15, 0.2) is 36.4 Å². The number of benzene rings is 2. The number of likely N-dealkylation sites (N-methyl/N-ethyl adjacent to an activating group) is 1. The Balaban J connectivity index is 1.27. The molecule has 0 aliphatic carbocycles. The third-order valence-corrected chi connectivity index (χ3v) is 7.56. The number of nitrogens with one attached hydrogen (secondary N) is 1. The second-order valence-corrected chi connectivity index (χ2v) is 10.1. The quantitative estimate of drug-likeness (QED) is 0.650. The van der Waals surface area contributed by atoms with Gasteiger partial charge in [-0.1, -0.05) is 0 Å². The normalized spacial score (nSPS) is 23.4. The number of carbonyl (C=O) groups excluding carboxylic acids is 3. The summed E-state index contributed by atoms with van der Waals surface area (Å²) in [7, 11) is 1.71. The van der Waals surface area contributed by atoms with Gasteiger partial charge in [-0.15, -0.1) is 0 Å². The molecule has 2 fully saturated rings. The minimum atomic E-state index is -1.12. The van der Waals surface area contributed by atoms with Crippen molar-refractivity contribution >= 4 is 23.4 Å². The molecular formula is C28H31F2N3O5. The number of carbonyl (C=O) groups is 3. The summed E-state index contributed by atoms with van der Waals surface area (Å²) < 4.78 is 39.0. The van der Waals surface area contributed by atoms with Crippen molar-refractivity contribution in [1.82, 2.24) is 9.80 Å². The third kappa shape index (κ3) is 5.50. The van der Waals surface area contributed by atoms with Crippen molar-refractivity contribution < 1.29 is 32.6 Å². The molecule has 0 bridgehead atoms. The number of rotatable bonds is 4. The van der Waals surface area contributed by atoms with Crippen LogP contribution in [-0.2, 0) is 9.53 Å². The minimum absolute atomic E-state index is 0.0501. The molecule has 2 saturated heterocycles. The Morgan fingerprint density at radius 3 is 2.58 bits per heavy atom. The fourth-order valence-electron chi connectivity index (χ4n) is 5.41. The van der Waals surface area contributed by atoms with Crippen LogP contribution in [-0.4, -0.2) is 72.5 Å². The van der Waals surface area contributed by atoms with Crippen LogP contribution in [0.5, 0.6) is 5.75 Å². The molecule has 0 aromatic heterocycles. The average Bonchev–Trinajstić information content (AvgIpc) is 2.93. The molecule has 3 amide bonds. The molecule has 0 spiro atoms. The van der Waals surface area contributed by atoms with E-state index in [1.54, 1.807) is 24.1 Å². The Bertz CT molecular complexity index is 1230. The Kier molecular flexibility index (Phi) is 7.60. The zero-order chi connectivity index (χ0) is 26.8. The summed E-state index contributed by atoms with van der Waals surface area (Å²) in [5.41, 5.74) is 0.541. The molecule has 3 atom stereocenters. The Morgan fingerprint density at radius 1 is 1.03 bits per heavy atom. The number of hydrogen-bond acceptors (Lipinski definition) is 5. The topological polar surface area (TPSA) is 88.2 Å². The SMILES string of the molecule is CN1C(=O)c2cc(NC(=O)c3ccc(F)c(F)c3)ccc2OC[C@@H]2O[C@H](CC(=O)N3CCCCC3)CC[C@H]21. The lowest BCUT2D eigenvalue weighted by atomic mass is 9.94. The van der Waals surface area contributed by atoms with E-state index in [9.17, 15) is 23.2 Å². The van der Waals surface area contributed by atoms with Gasteiger partial charge >= 0.3 is 0 Å². The van der Waals surface area contributed by atoms with Gasteiger partial charge in [0.2, 0.25) is 5.91 Å². The fraction of sp³-hybridized carbons (Fsp3) is 0.464. The molecule has 3 aliphatic rings. The number of piperidine rings is 1. The minimum Gasteiger partial charge on any atom is -0.490 e. The van der Waals surface area contributed by atoms with E-state index in [1.165, 1.54) is 12.1 Å². The molecule has 8 nitrogen and oxygen atoms in total. The number of halogens is 2. The summed E-state index contributed by atoms with van der Waals surface area (Å²) in [6.07, 6.45) is 4.32. The molecule has 38 heavy (non-hydrogen) atoms. The first-order valence-electron chi connectivity index (χ1n) is 13.0. The zero-order valence-electron chi connectivity index (χ0n) is 21.3. The predicted molar refractivity (Wildman–Crippen MR) is 135 cm³/mol. The third-order valence-electron chi connectivity index (χ3n) is 7.56. The summed E-state index contributed by atoms with van der Waals surface area (Å²) >= 11 is 0.